The summed E-state index contributed by atoms with van der Waals surface area (Å²) in [5, 5.41) is 11.1. The fourth-order valence-corrected chi connectivity index (χ4v) is 5.79. The Balaban J connectivity index is 1.45. The van der Waals surface area contributed by atoms with Gasteiger partial charge < -0.3 is 20.4 Å². The number of amides is 3. The Morgan fingerprint density at radius 1 is 1.07 bits per heavy atom. The van der Waals surface area contributed by atoms with E-state index < -0.39 is 6.04 Å². The first kappa shape index (κ1) is 32.2. The van der Waals surface area contributed by atoms with Crippen molar-refractivity contribution in [2.24, 2.45) is 5.41 Å². The van der Waals surface area contributed by atoms with Gasteiger partial charge in [0.2, 0.25) is 11.8 Å². The Kier molecular flexibility index (Phi) is 9.31. The van der Waals surface area contributed by atoms with Crippen molar-refractivity contribution >= 4 is 50.4 Å². The number of rotatable bonds is 9. The molecule has 3 aromatic heterocycles. The quantitative estimate of drug-likeness (QED) is 0.255. The first-order valence-electron chi connectivity index (χ1n) is 14.8. The van der Waals surface area contributed by atoms with E-state index in [1.54, 1.807) is 22.0 Å². The first-order chi connectivity index (χ1) is 21.3. The number of likely N-dealkylation sites (N-methyl/N-ethyl adjacent to an activating group) is 1. The molecule has 1 fully saturated rings. The van der Waals surface area contributed by atoms with E-state index in [4.69, 9.17) is 0 Å². The molecule has 0 aliphatic carbocycles. The third-order valence-electron chi connectivity index (χ3n) is 7.86. The molecule has 5 rings (SSSR count). The summed E-state index contributed by atoms with van der Waals surface area (Å²) in [7, 11) is 3.86. The molecule has 0 spiro atoms. The molecule has 236 valence electrons. The van der Waals surface area contributed by atoms with Gasteiger partial charge in [-0.15, -0.1) is 0 Å². The number of anilines is 1. The van der Waals surface area contributed by atoms with Crippen molar-refractivity contribution in [2.75, 3.05) is 39.0 Å². The van der Waals surface area contributed by atoms with Gasteiger partial charge in [-0.2, -0.15) is 5.10 Å². The molecule has 0 bridgehead atoms. The van der Waals surface area contributed by atoms with E-state index in [0.717, 1.165) is 16.7 Å². The van der Waals surface area contributed by atoms with E-state index in [1.165, 1.54) is 0 Å². The van der Waals surface area contributed by atoms with Crippen LogP contribution < -0.4 is 10.6 Å². The standard InChI is InChI=1S/C32H38BrN9O3/c1-19-7-10-26(33)37-29(19)38-30(44)25-14-32(3,4)18-41(25)27(43)17-42-24-9-8-21(22-15-35-20(2)36-16-22)13-23(24)28(39-42)31(45)34-11-12-40(5)6/h7-10,13,15-16,25H,11-12,14,17-18H2,1-6H3,(H,34,45)(H,37,38,44)/t25-/m0/s1. The van der Waals surface area contributed by atoms with Gasteiger partial charge in [0.05, 0.1) is 5.52 Å². The Morgan fingerprint density at radius 3 is 2.51 bits per heavy atom. The number of pyridine rings is 1. The zero-order valence-electron chi connectivity index (χ0n) is 26.4. The second-order valence-corrected chi connectivity index (χ2v) is 13.3. The summed E-state index contributed by atoms with van der Waals surface area (Å²) in [6.07, 6.45) is 3.97. The minimum Gasteiger partial charge on any atom is -0.349 e. The molecule has 0 unspecified atom stereocenters. The van der Waals surface area contributed by atoms with Crippen LogP contribution >= 0.6 is 15.9 Å². The van der Waals surface area contributed by atoms with Gasteiger partial charge in [0.1, 0.15) is 28.8 Å². The lowest BCUT2D eigenvalue weighted by Gasteiger charge is -2.24. The number of halogens is 1. The zero-order chi connectivity index (χ0) is 32.5. The topological polar surface area (TPSA) is 138 Å². The monoisotopic (exact) mass is 675 g/mol. The van der Waals surface area contributed by atoms with Gasteiger partial charge in [-0.25, -0.2) is 15.0 Å². The zero-order valence-corrected chi connectivity index (χ0v) is 28.0. The lowest BCUT2D eigenvalue weighted by Crippen LogP contribution is -2.44. The van der Waals surface area contributed by atoms with E-state index in [1.807, 2.05) is 77.0 Å². The SMILES string of the molecule is Cc1ncc(-c2ccc3c(c2)c(C(=O)NCCN(C)C)nn3CC(=O)N2CC(C)(C)C[C@H]2C(=O)Nc2nc(Br)ccc2C)cn1. The Labute approximate surface area is 270 Å². The number of carbonyl (C=O) groups is 3. The second kappa shape index (κ2) is 13.0. The Morgan fingerprint density at radius 2 is 1.80 bits per heavy atom. The first-order valence-corrected chi connectivity index (χ1v) is 15.6. The summed E-state index contributed by atoms with van der Waals surface area (Å²) in [6.45, 7) is 9.14. The molecular formula is C32H38BrN9O3. The fraction of sp³-hybridized carbons (Fsp3) is 0.406. The van der Waals surface area contributed by atoms with Crippen LogP contribution in [0, 0.1) is 19.3 Å². The highest BCUT2D eigenvalue weighted by molar-refractivity contribution is 9.10. The van der Waals surface area contributed by atoms with Gasteiger partial charge in [0, 0.05) is 43.0 Å². The maximum absolute atomic E-state index is 13.9. The number of hydrogen-bond acceptors (Lipinski definition) is 8. The van der Waals surface area contributed by atoms with Crippen molar-refractivity contribution in [2.45, 2.75) is 46.7 Å². The van der Waals surface area contributed by atoms with Crippen LogP contribution in [0.2, 0.25) is 0 Å². The van der Waals surface area contributed by atoms with Crippen LogP contribution in [0.3, 0.4) is 0 Å². The molecule has 0 saturated carbocycles. The fourth-order valence-electron chi connectivity index (χ4n) is 5.48. The van der Waals surface area contributed by atoms with Crippen molar-refractivity contribution in [1.82, 2.24) is 39.8 Å². The summed E-state index contributed by atoms with van der Waals surface area (Å²) >= 11 is 3.36. The minimum absolute atomic E-state index is 0.136. The van der Waals surface area contributed by atoms with Crippen LogP contribution in [0.5, 0.6) is 0 Å². The average Bonchev–Trinajstić information content (AvgIpc) is 3.51. The van der Waals surface area contributed by atoms with Crippen LogP contribution in [0.4, 0.5) is 5.82 Å². The van der Waals surface area contributed by atoms with Crippen molar-refractivity contribution in [3.8, 4) is 11.1 Å². The predicted molar refractivity (Wildman–Crippen MR) is 176 cm³/mol. The van der Waals surface area contributed by atoms with Crippen LogP contribution in [-0.4, -0.2) is 92.0 Å². The third-order valence-corrected chi connectivity index (χ3v) is 8.30. The Bertz CT molecular complexity index is 1750. The summed E-state index contributed by atoms with van der Waals surface area (Å²) in [4.78, 5) is 57.4. The minimum atomic E-state index is -0.684. The number of aromatic nitrogens is 5. The third kappa shape index (κ3) is 7.36. The normalized spacial score (nSPS) is 15.9. The van der Waals surface area contributed by atoms with Gasteiger partial charge in [-0.05, 0) is 85.0 Å². The number of benzene rings is 1. The average molecular weight is 677 g/mol. The molecule has 1 aliphatic rings. The molecule has 12 nitrogen and oxygen atoms in total. The molecule has 4 heterocycles. The summed E-state index contributed by atoms with van der Waals surface area (Å²) in [6, 6.07) is 8.61. The maximum Gasteiger partial charge on any atom is 0.272 e. The number of carbonyl (C=O) groups excluding carboxylic acids is 3. The lowest BCUT2D eigenvalue weighted by atomic mass is 9.90. The van der Waals surface area contributed by atoms with Gasteiger partial charge in [0.25, 0.3) is 5.91 Å². The molecule has 1 saturated heterocycles. The molecule has 13 heteroatoms. The second-order valence-electron chi connectivity index (χ2n) is 12.5. The predicted octanol–water partition coefficient (Wildman–Crippen LogP) is 3.82. The molecule has 1 aliphatic heterocycles. The number of hydrogen-bond donors (Lipinski definition) is 2. The lowest BCUT2D eigenvalue weighted by molar-refractivity contribution is -0.137. The maximum atomic E-state index is 13.9. The van der Waals surface area contributed by atoms with Crippen molar-refractivity contribution in [1.29, 1.82) is 0 Å². The highest BCUT2D eigenvalue weighted by Crippen LogP contribution is 2.35. The van der Waals surface area contributed by atoms with Crippen LogP contribution in [0.25, 0.3) is 22.0 Å². The van der Waals surface area contributed by atoms with Gasteiger partial charge in [-0.3, -0.25) is 19.1 Å². The van der Waals surface area contributed by atoms with E-state index in [-0.39, 0.29) is 35.4 Å². The van der Waals surface area contributed by atoms with Gasteiger partial charge in [0.15, 0.2) is 5.69 Å². The molecule has 2 N–H and O–H groups in total. The molecule has 4 aromatic rings. The number of aryl methyl sites for hydroxylation is 2. The van der Waals surface area contributed by atoms with Crippen molar-refractivity contribution in [3.05, 3.63) is 64.4 Å². The van der Waals surface area contributed by atoms with Gasteiger partial charge >= 0.3 is 0 Å². The van der Waals surface area contributed by atoms with Crippen LogP contribution in [0.1, 0.15) is 42.1 Å². The molecule has 45 heavy (non-hydrogen) atoms. The summed E-state index contributed by atoms with van der Waals surface area (Å²) in [5.41, 5.74) is 3.02. The van der Waals surface area contributed by atoms with Gasteiger partial charge in [-0.1, -0.05) is 26.0 Å². The van der Waals surface area contributed by atoms with Crippen molar-refractivity contribution < 1.29 is 14.4 Å². The van der Waals surface area contributed by atoms with Crippen LogP contribution in [-0.2, 0) is 16.1 Å². The molecule has 1 atom stereocenters. The van der Waals surface area contributed by atoms with E-state index >= 15 is 0 Å². The van der Waals surface area contributed by atoms with E-state index in [2.05, 4.69) is 46.6 Å². The molecule has 3 amide bonds. The highest BCUT2D eigenvalue weighted by Gasteiger charge is 2.44. The smallest absolute Gasteiger partial charge is 0.272 e. The molecule has 0 radical (unpaired) electrons. The van der Waals surface area contributed by atoms with E-state index in [9.17, 15) is 14.4 Å². The number of nitrogens with one attached hydrogen (secondary N) is 2. The summed E-state index contributed by atoms with van der Waals surface area (Å²) in [5.74, 6) is 0.219. The van der Waals surface area contributed by atoms with Crippen LogP contribution in [0.15, 0.2) is 47.3 Å². The number of likely N-dealkylation sites (tertiary alicyclic amines) is 1. The number of fused-ring (bicyclic) bond motifs is 1. The largest absolute Gasteiger partial charge is 0.349 e. The highest BCUT2D eigenvalue weighted by atomic mass is 79.9. The molecule has 1 aromatic carbocycles. The van der Waals surface area contributed by atoms with Crippen molar-refractivity contribution in [3.63, 3.8) is 0 Å². The van der Waals surface area contributed by atoms with E-state index in [0.29, 0.717) is 53.2 Å². The Hall–Kier alpha value is -4.23. The molecular weight excluding hydrogens is 638 g/mol. The summed E-state index contributed by atoms with van der Waals surface area (Å²) < 4.78 is 2.15. The number of nitrogens with zero attached hydrogens (tertiary/aromatic N) is 7.